The molecule has 0 spiro atoms. The number of aromatic nitrogens is 1. The maximum absolute atomic E-state index is 12.6. The van der Waals surface area contributed by atoms with Gasteiger partial charge in [0, 0.05) is 42.5 Å². The predicted octanol–water partition coefficient (Wildman–Crippen LogP) is 3.56. The van der Waals surface area contributed by atoms with E-state index in [9.17, 15) is 9.59 Å². The molecule has 1 saturated heterocycles. The van der Waals surface area contributed by atoms with Gasteiger partial charge in [0.05, 0.1) is 0 Å². The number of amides is 2. The van der Waals surface area contributed by atoms with E-state index in [4.69, 9.17) is 4.74 Å². The highest BCUT2D eigenvalue weighted by molar-refractivity contribution is 7.14. The molecule has 0 unspecified atom stereocenters. The SMILES string of the molecule is CC(C)(C)OC(=O)N1CCN(C(=O)c2csc(-c3ccsc3)n2)CC1. The van der Waals surface area contributed by atoms with Gasteiger partial charge in [0.25, 0.3) is 5.91 Å². The van der Waals surface area contributed by atoms with Crippen molar-refractivity contribution in [3.8, 4) is 10.6 Å². The summed E-state index contributed by atoms with van der Waals surface area (Å²) < 4.78 is 5.38. The molecule has 2 aromatic rings. The summed E-state index contributed by atoms with van der Waals surface area (Å²) in [5.41, 5.74) is 1.00. The Morgan fingerprint density at radius 2 is 1.80 bits per heavy atom. The summed E-state index contributed by atoms with van der Waals surface area (Å²) in [6.45, 7) is 7.46. The first kappa shape index (κ1) is 17.9. The quantitative estimate of drug-likeness (QED) is 0.800. The first-order valence-electron chi connectivity index (χ1n) is 8.09. The Bertz CT molecular complexity index is 742. The van der Waals surface area contributed by atoms with E-state index in [2.05, 4.69) is 4.98 Å². The number of hydrogen-bond donors (Lipinski definition) is 0. The van der Waals surface area contributed by atoms with Gasteiger partial charge in [0.2, 0.25) is 0 Å². The van der Waals surface area contributed by atoms with E-state index in [1.807, 2.05) is 37.6 Å². The Kier molecular flexibility index (Phi) is 5.10. The van der Waals surface area contributed by atoms with Gasteiger partial charge in [-0.15, -0.1) is 11.3 Å². The summed E-state index contributed by atoms with van der Waals surface area (Å²) in [4.78, 5) is 32.6. The number of carbonyl (C=O) groups excluding carboxylic acids is 2. The zero-order valence-electron chi connectivity index (χ0n) is 14.5. The van der Waals surface area contributed by atoms with E-state index >= 15 is 0 Å². The largest absolute Gasteiger partial charge is 0.444 e. The molecule has 1 aliphatic rings. The van der Waals surface area contributed by atoms with Gasteiger partial charge < -0.3 is 14.5 Å². The van der Waals surface area contributed by atoms with E-state index in [1.54, 1.807) is 26.5 Å². The molecule has 8 heteroatoms. The molecule has 3 rings (SSSR count). The Balaban J connectivity index is 1.58. The molecular formula is C17H21N3O3S2. The van der Waals surface area contributed by atoms with Crippen LogP contribution in [0.25, 0.3) is 10.6 Å². The number of carbonyl (C=O) groups is 2. The Hall–Kier alpha value is -1.93. The van der Waals surface area contributed by atoms with Crippen LogP contribution in [0.15, 0.2) is 22.2 Å². The molecule has 0 aliphatic carbocycles. The molecule has 0 radical (unpaired) electrons. The van der Waals surface area contributed by atoms with Crippen LogP contribution in [0.2, 0.25) is 0 Å². The molecular weight excluding hydrogens is 358 g/mol. The van der Waals surface area contributed by atoms with Crippen molar-refractivity contribution in [2.24, 2.45) is 0 Å². The van der Waals surface area contributed by atoms with Crippen LogP contribution in [0, 0.1) is 0 Å². The van der Waals surface area contributed by atoms with Gasteiger partial charge in [-0.3, -0.25) is 4.79 Å². The van der Waals surface area contributed by atoms with Crippen LogP contribution >= 0.6 is 22.7 Å². The highest BCUT2D eigenvalue weighted by Crippen LogP contribution is 2.26. The van der Waals surface area contributed by atoms with Gasteiger partial charge in [-0.05, 0) is 32.2 Å². The molecule has 2 aromatic heterocycles. The molecule has 0 atom stereocenters. The zero-order valence-corrected chi connectivity index (χ0v) is 16.2. The standard InChI is InChI=1S/C17H21N3O3S2/c1-17(2,3)23-16(22)20-7-5-19(6-8-20)15(21)13-11-25-14(18-13)12-4-9-24-10-12/h4,9-11H,5-8H2,1-3H3. The van der Waals surface area contributed by atoms with Gasteiger partial charge >= 0.3 is 6.09 Å². The van der Waals surface area contributed by atoms with Gasteiger partial charge in [0.15, 0.2) is 0 Å². The van der Waals surface area contributed by atoms with E-state index < -0.39 is 5.60 Å². The molecule has 6 nitrogen and oxygen atoms in total. The Morgan fingerprint density at radius 3 is 2.40 bits per heavy atom. The lowest BCUT2D eigenvalue weighted by Gasteiger charge is -2.35. The molecule has 134 valence electrons. The van der Waals surface area contributed by atoms with Crippen molar-refractivity contribution in [3.05, 3.63) is 27.9 Å². The topological polar surface area (TPSA) is 62.7 Å². The first-order chi connectivity index (χ1) is 11.8. The average molecular weight is 380 g/mol. The van der Waals surface area contributed by atoms with Crippen molar-refractivity contribution in [1.29, 1.82) is 0 Å². The molecule has 25 heavy (non-hydrogen) atoms. The molecule has 1 aliphatic heterocycles. The number of rotatable bonds is 2. The molecule has 3 heterocycles. The maximum Gasteiger partial charge on any atom is 0.410 e. The smallest absolute Gasteiger partial charge is 0.410 e. The fraction of sp³-hybridized carbons (Fsp3) is 0.471. The van der Waals surface area contributed by atoms with Crippen LogP contribution in [0.3, 0.4) is 0 Å². The lowest BCUT2D eigenvalue weighted by Crippen LogP contribution is -2.51. The van der Waals surface area contributed by atoms with Crippen molar-refractivity contribution in [2.45, 2.75) is 26.4 Å². The van der Waals surface area contributed by atoms with E-state index in [0.29, 0.717) is 31.9 Å². The normalized spacial score (nSPS) is 15.3. The average Bonchev–Trinajstić information content (AvgIpc) is 3.23. The minimum absolute atomic E-state index is 0.0819. The third-order valence-corrected chi connectivity index (χ3v) is 5.28. The maximum atomic E-state index is 12.6. The Morgan fingerprint density at radius 1 is 1.12 bits per heavy atom. The summed E-state index contributed by atoms with van der Waals surface area (Å²) >= 11 is 3.08. The van der Waals surface area contributed by atoms with Crippen molar-refractivity contribution in [2.75, 3.05) is 26.2 Å². The van der Waals surface area contributed by atoms with Crippen molar-refractivity contribution in [1.82, 2.24) is 14.8 Å². The third-order valence-electron chi connectivity index (χ3n) is 3.71. The fourth-order valence-electron chi connectivity index (χ4n) is 2.47. The second kappa shape index (κ2) is 7.13. The lowest BCUT2D eigenvalue weighted by atomic mass is 10.2. The number of thiazole rings is 1. The van der Waals surface area contributed by atoms with E-state index in [-0.39, 0.29) is 12.0 Å². The first-order valence-corrected chi connectivity index (χ1v) is 9.91. The summed E-state index contributed by atoms with van der Waals surface area (Å²) in [5.74, 6) is -0.0819. The summed E-state index contributed by atoms with van der Waals surface area (Å²) in [7, 11) is 0. The molecule has 2 amide bonds. The molecule has 0 saturated carbocycles. The Labute approximate surface area is 155 Å². The molecule has 1 fully saturated rings. The van der Waals surface area contributed by atoms with Crippen molar-refractivity contribution >= 4 is 34.7 Å². The summed E-state index contributed by atoms with van der Waals surface area (Å²) in [5, 5.41) is 6.67. The zero-order chi connectivity index (χ0) is 18.0. The monoisotopic (exact) mass is 379 g/mol. The van der Waals surface area contributed by atoms with Gasteiger partial charge in [0.1, 0.15) is 16.3 Å². The minimum atomic E-state index is -0.511. The number of ether oxygens (including phenoxy) is 1. The number of nitrogens with zero attached hydrogens (tertiary/aromatic N) is 3. The fourth-order valence-corrected chi connectivity index (χ4v) is 3.98. The second-order valence-electron chi connectivity index (χ2n) is 6.81. The van der Waals surface area contributed by atoms with Gasteiger partial charge in [-0.25, -0.2) is 9.78 Å². The lowest BCUT2D eigenvalue weighted by molar-refractivity contribution is 0.0140. The van der Waals surface area contributed by atoms with Crippen LogP contribution in [0.1, 0.15) is 31.3 Å². The van der Waals surface area contributed by atoms with Crippen LogP contribution in [-0.2, 0) is 4.74 Å². The van der Waals surface area contributed by atoms with E-state index in [1.165, 1.54) is 11.3 Å². The number of piperazine rings is 1. The second-order valence-corrected chi connectivity index (χ2v) is 8.45. The van der Waals surface area contributed by atoms with Crippen molar-refractivity contribution < 1.29 is 14.3 Å². The van der Waals surface area contributed by atoms with Crippen LogP contribution in [-0.4, -0.2) is 58.6 Å². The predicted molar refractivity (Wildman–Crippen MR) is 99.1 cm³/mol. The number of hydrogen-bond acceptors (Lipinski definition) is 6. The highest BCUT2D eigenvalue weighted by Gasteiger charge is 2.28. The highest BCUT2D eigenvalue weighted by atomic mass is 32.1. The van der Waals surface area contributed by atoms with E-state index in [0.717, 1.165) is 10.6 Å². The van der Waals surface area contributed by atoms with Crippen molar-refractivity contribution in [3.63, 3.8) is 0 Å². The van der Waals surface area contributed by atoms with Crippen LogP contribution in [0.4, 0.5) is 4.79 Å². The minimum Gasteiger partial charge on any atom is -0.444 e. The third kappa shape index (κ3) is 4.38. The molecule has 0 N–H and O–H groups in total. The van der Waals surface area contributed by atoms with Gasteiger partial charge in [-0.2, -0.15) is 11.3 Å². The molecule has 0 bridgehead atoms. The summed E-state index contributed by atoms with van der Waals surface area (Å²) in [6, 6.07) is 2.00. The molecule has 0 aromatic carbocycles. The number of thiophene rings is 1. The summed E-state index contributed by atoms with van der Waals surface area (Å²) in [6.07, 6.45) is -0.326. The van der Waals surface area contributed by atoms with Crippen LogP contribution in [0.5, 0.6) is 0 Å². The van der Waals surface area contributed by atoms with Gasteiger partial charge in [-0.1, -0.05) is 0 Å². The van der Waals surface area contributed by atoms with Crippen LogP contribution < -0.4 is 0 Å².